The molecule has 3 aromatic carbocycles. The largest absolute Gasteiger partial charge is 0.464 e. The van der Waals surface area contributed by atoms with Crippen LogP contribution in [-0.4, -0.2) is 5.91 Å². The van der Waals surface area contributed by atoms with Crippen LogP contribution in [0.4, 0.5) is 5.69 Å². The number of fused-ring (bicyclic) bond motifs is 2. The molecule has 1 aliphatic heterocycles. The molecule has 1 atom stereocenters. The third-order valence-corrected chi connectivity index (χ3v) is 5.31. The maximum Gasteiger partial charge on any atom is 0.239 e. The molecule has 2 heterocycles. The molecule has 0 spiro atoms. The zero-order chi connectivity index (χ0) is 17.6. The SMILES string of the molecule is O=C1Nc2ccccc2[C@]1(Cc1coc2ccccc12)c1ccccc1. The second-order valence-electron chi connectivity index (χ2n) is 6.70. The monoisotopic (exact) mass is 339 g/mol. The van der Waals surface area contributed by atoms with Crippen LogP contribution in [0.1, 0.15) is 16.7 Å². The second kappa shape index (κ2) is 5.60. The smallest absolute Gasteiger partial charge is 0.239 e. The molecule has 3 heteroatoms. The van der Waals surface area contributed by atoms with Crippen LogP contribution in [0.2, 0.25) is 0 Å². The highest BCUT2D eigenvalue weighted by molar-refractivity contribution is 6.09. The van der Waals surface area contributed by atoms with Crippen LogP contribution in [0.15, 0.2) is 89.5 Å². The highest BCUT2D eigenvalue weighted by Crippen LogP contribution is 2.45. The van der Waals surface area contributed by atoms with E-state index in [1.807, 2.05) is 78.9 Å². The van der Waals surface area contributed by atoms with Crippen LogP contribution in [0.3, 0.4) is 0 Å². The van der Waals surface area contributed by atoms with Crippen molar-refractivity contribution in [1.29, 1.82) is 0 Å². The number of nitrogens with one attached hydrogen (secondary N) is 1. The minimum Gasteiger partial charge on any atom is -0.464 e. The van der Waals surface area contributed by atoms with Gasteiger partial charge in [0.1, 0.15) is 11.0 Å². The molecule has 3 nitrogen and oxygen atoms in total. The molecule has 5 rings (SSSR count). The van der Waals surface area contributed by atoms with Crippen molar-refractivity contribution in [3.05, 3.63) is 102 Å². The lowest BCUT2D eigenvalue weighted by molar-refractivity contribution is -0.119. The van der Waals surface area contributed by atoms with Gasteiger partial charge in [0.15, 0.2) is 0 Å². The Labute approximate surface area is 151 Å². The molecule has 0 saturated heterocycles. The van der Waals surface area contributed by atoms with Gasteiger partial charge in [-0.3, -0.25) is 4.79 Å². The molecule has 0 bridgehead atoms. The van der Waals surface area contributed by atoms with Gasteiger partial charge in [0, 0.05) is 11.1 Å². The molecule has 0 fully saturated rings. The van der Waals surface area contributed by atoms with Gasteiger partial charge in [0.05, 0.1) is 6.26 Å². The van der Waals surface area contributed by atoms with Crippen LogP contribution in [0.25, 0.3) is 11.0 Å². The molecule has 0 radical (unpaired) electrons. The fourth-order valence-electron chi connectivity index (χ4n) is 4.06. The molecule has 1 aromatic heterocycles. The van der Waals surface area contributed by atoms with E-state index in [0.29, 0.717) is 6.42 Å². The molecule has 0 aliphatic carbocycles. The summed E-state index contributed by atoms with van der Waals surface area (Å²) in [7, 11) is 0. The van der Waals surface area contributed by atoms with E-state index in [2.05, 4.69) is 5.32 Å². The van der Waals surface area contributed by atoms with Gasteiger partial charge >= 0.3 is 0 Å². The van der Waals surface area contributed by atoms with Gasteiger partial charge in [0.25, 0.3) is 0 Å². The van der Waals surface area contributed by atoms with Crippen molar-refractivity contribution >= 4 is 22.6 Å². The number of carbonyl (C=O) groups is 1. The molecule has 1 aliphatic rings. The number of hydrogen-bond donors (Lipinski definition) is 1. The van der Waals surface area contributed by atoms with Crippen LogP contribution >= 0.6 is 0 Å². The van der Waals surface area contributed by atoms with Gasteiger partial charge in [-0.25, -0.2) is 0 Å². The first-order chi connectivity index (χ1) is 12.8. The van der Waals surface area contributed by atoms with Crippen LogP contribution in [-0.2, 0) is 16.6 Å². The zero-order valence-electron chi connectivity index (χ0n) is 14.1. The molecule has 1 N–H and O–H groups in total. The summed E-state index contributed by atoms with van der Waals surface area (Å²) in [6.07, 6.45) is 2.33. The summed E-state index contributed by atoms with van der Waals surface area (Å²) in [6, 6.07) is 25.9. The number of rotatable bonds is 3. The first kappa shape index (κ1) is 15.0. The summed E-state index contributed by atoms with van der Waals surface area (Å²) in [5.41, 5.74) is 4.02. The summed E-state index contributed by atoms with van der Waals surface area (Å²) in [6.45, 7) is 0. The predicted molar refractivity (Wildman–Crippen MR) is 102 cm³/mol. The number of para-hydroxylation sites is 2. The maximum atomic E-state index is 13.3. The quantitative estimate of drug-likeness (QED) is 0.576. The highest BCUT2D eigenvalue weighted by atomic mass is 16.3. The van der Waals surface area contributed by atoms with Gasteiger partial charge in [-0.15, -0.1) is 0 Å². The number of amides is 1. The van der Waals surface area contributed by atoms with Crippen molar-refractivity contribution in [2.45, 2.75) is 11.8 Å². The van der Waals surface area contributed by atoms with Gasteiger partial charge in [-0.2, -0.15) is 0 Å². The lowest BCUT2D eigenvalue weighted by atomic mass is 9.71. The number of hydrogen-bond acceptors (Lipinski definition) is 2. The third-order valence-electron chi connectivity index (χ3n) is 5.31. The molecule has 4 aromatic rings. The Balaban J connectivity index is 1.75. The minimum absolute atomic E-state index is 0.00943. The summed E-state index contributed by atoms with van der Waals surface area (Å²) in [5.74, 6) is 0.00943. The van der Waals surface area contributed by atoms with Gasteiger partial charge in [0.2, 0.25) is 5.91 Å². The molecular formula is C23H17NO2. The molecular weight excluding hydrogens is 322 g/mol. The van der Waals surface area contributed by atoms with Crippen molar-refractivity contribution in [2.24, 2.45) is 0 Å². The zero-order valence-corrected chi connectivity index (χ0v) is 14.1. The average Bonchev–Trinajstić information content (AvgIpc) is 3.22. The Morgan fingerprint density at radius 1 is 0.846 bits per heavy atom. The highest BCUT2D eigenvalue weighted by Gasteiger charge is 2.48. The van der Waals surface area contributed by atoms with Crippen LogP contribution in [0, 0.1) is 0 Å². The maximum absolute atomic E-state index is 13.3. The topological polar surface area (TPSA) is 42.2 Å². The summed E-state index contributed by atoms with van der Waals surface area (Å²) in [5, 5.41) is 4.13. The Morgan fingerprint density at radius 2 is 1.58 bits per heavy atom. The average molecular weight is 339 g/mol. The first-order valence-corrected chi connectivity index (χ1v) is 8.71. The fourth-order valence-corrected chi connectivity index (χ4v) is 4.06. The van der Waals surface area contributed by atoms with E-state index in [1.165, 1.54) is 0 Å². The summed E-state index contributed by atoms with van der Waals surface area (Å²) >= 11 is 0. The van der Waals surface area contributed by atoms with Crippen molar-refractivity contribution < 1.29 is 9.21 Å². The molecule has 126 valence electrons. The Bertz CT molecular complexity index is 1110. The predicted octanol–water partition coefficient (Wildman–Crippen LogP) is 4.91. The number of carbonyl (C=O) groups excluding carboxylic acids is 1. The number of anilines is 1. The normalized spacial score (nSPS) is 18.7. The Kier molecular flexibility index (Phi) is 3.22. The van der Waals surface area contributed by atoms with Crippen molar-refractivity contribution in [2.75, 3.05) is 5.32 Å². The standard InChI is InChI=1S/C23H17NO2/c25-22-23(17-8-2-1-3-9-17,19-11-5-6-12-20(19)24-22)14-16-15-26-21-13-7-4-10-18(16)21/h1-13,15H,14H2,(H,24,25)/t23-/m0/s1. The van der Waals surface area contributed by atoms with E-state index in [4.69, 9.17) is 4.42 Å². The third kappa shape index (κ3) is 2.04. The van der Waals surface area contributed by atoms with Crippen LogP contribution in [0.5, 0.6) is 0 Å². The van der Waals surface area contributed by atoms with Crippen molar-refractivity contribution in [3.8, 4) is 0 Å². The van der Waals surface area contributed by atoms with E-state index in [0.717, 1.165) is 33.3 Å². The van der Waals surface area contributed by atoms with E-state index in [-0.39, 0.29) is 5.91 Å². The lowest BCUT2D eigenvalue weighted by Crippen LogP contribution is -2.38. The summed E-state index contributed by atoms with van der Waals surface area (Å²) in [4.78, 5) is 13.3. The molecule has 0 unspecified atom stereocenters. The Hall–Kier alpha value is -3.33. The number of furan rings is 1. The van der Waals surface area contributed by atoms with E-state index >= 15 is 0 Å². The van der Waals surface area contributed by atoms with E-state index in [9.17, 15) is 4.79 Å². The Morgan fingerprint density at radius 3 is 2.46 bits per heavy atom. The minimum atomic E-state index is -0.759. The first-order valence-electron chi connectivity index (χ1n) is 8.71. The number of benzene rings is 3. The van der Waals surface area contributed by atoms with Gasteiger partial charge < -0.3 is 9.73 Å². The van der Waals surface area contributed by atoms with Crippen LogP contribution < -0.4 is 5.32 Å². The molecule has 0 saturated carbocycles. The van der Waals surface area contributed by atoms with Crippen molar-refractivity contribution in [3.63, 3.8) is 0 Å². The fraction of sp³-hybridized carbons (Fsp3) is 0.0870. The lowest BCUT2D eigenvalue weighted by Gasteiger charge is -2.28. The summed E-state index contributed by atoms with van der Waals surface area (Å²) < 4.78 is 5.73. The van der Waals surface area contributed by atoms with Crippen molar-refractivity contribution in [1.82, 2.24) is 0 Å². The van der Waals surface area contributed by atoms with Gasteiger partial charge in [-0.1, -0.05) is 66.7 Å². The second-order valence-corrected chi connectivity index (χ2v) is 6.70. The van der Waals surface area contributed by atoms with E-state index in [1.54, 1.807) is 6.26 Å². The molecule has 26 heavy (non-hydrogen) atoms. The van der Waals surface area contributed by atoms with E-state index < -0.39 is 5.41 Å². The van der Waals surface area contributed by atoms with Gasteiger partial charge in [-0.05, 0) is 35.2 Å². The molecule has 1 amide bonds.